The Morgan fingerprint density at radius 2 is 1.73 bits per heavy atom. The molecule has 130 valence electrons. The van der Waals surface area contributed by atoms with E-state index in [-0.39, 0.29) is 18.6 Å². The van der Waals surface area contributed by atoms with Crippen LogP contribution in [0.5, 0.6) is 0 Å². The predicted molar refractivity (Wildman–Crippen MR) is 86.9 cm³/mol. The molecule has 1 N–H and O–H groups in total. The average Bonchev–Trinajstić information content (AvgIpc) is 2.53. The zero-order chi connectivity index (χ0) is 16.6. The fraction of sp³-hybridized carbons (Fsp3) is 0.875. The number of unbranched alkanes of at least 4 members (excludes halogenated alkanes) is 3. The molecule has 0 saturated carbocycles. The quantitative estimate of drug-likeness (QED) is 0.530. The summed E-state index contributed by atoms with van der Waals surface area (Å²) >= 11 is 0. The van der Waals surface area contributed by atoms with E-state index in [1.807, 2.05) is 6.92 Å². The Hall–Kier alpha value is -1.30. The van der Waals surface area contributed by atoms with Crippen LogP contribution in [0.1, 0.15) is 52.4 Å². The van der Waals surface area contributed by atoms with Gasteiger partial charge in [-0.1, -0.05) is 33.1 Å². The highest BCUT2D eigenvalue weighted by atomic mass is 16.6. The number of rotatable bonds is 13. The third-order valence-electron chi connectivity index (χ3n) is 3.24. The number of nitrogens with zero attached hydrogens (tertiary/aromatic N) is 1. The first-order valence-corrected chi connectivity index (χ1v) is 8.35. The summed E-state index contributed by atoms with van der Waals surface area (Å²) in [7, 11) is 1.59. The molecule has 22 heavy (non-hydrogen) atoms. The first-order chi connectivity index (χ1) is 10.7. The Balaban J connectivity index is 3.76. The maximum atomic E-state index is 12.0. The van der Waals surface area contributed by atoms with Gasteiger partial charge in [-0.15, -0.1) is 0 Å². The summed E-state index contributed by atoms with van der Waals surface area (Å²) in [6.45, 7) is 6.58. The van der Waals surface area contributed by atoms with E-state index < -0.39 is 0 Å². The Bertz CT molecular complexity index is 298. The highest BCUT2D eigenvalue weighted by Gasteiger charge is 2.13. The molecule has 0 heterocycles. The van der Waals surface area contributed by atoms with E-state index in [0.29, 0.717) is 19.6 Å². The maximum Gasteiger partial charge on any atom is 0.409 e. The number of ether oxygens (including phenoxy) is 2. The molecule has 0 aliphatic carbocycles. The van der Waals surface area contributed by atoms with E-state index >= 15 is 0 Å². The average molecular weight is 316 g/mol. The molecule has 0 bridgehead atoms. The van der Waals surface area contributed by atoms with Crippen molar-refractivity contribution in [3.63, 3.8) is 0 Å². The fourth-order valence-corrected chi connectivity index (χ4v) is 1.96. The SMILES string of the molecule is CCCCCCN(CCC)C(=O)OCCOCCC(=O)NC. The van der Waals surface area contributed by atoms with Crippen molar-refractivity contribution in [2.45, 2.75) is 52.4 Å². The molecule has 0 rings (SSSR count). The third-order valence-corrected chi connectivity index (χ3v) is 3.24. The lowest BCUT2D eigenvalue weighted by molar-refractivity contribution is -0.121. The number of nitrogens with one attached hydrogen (secondary N) is 1. The van der Waals surface area contributed by atoms with Crippen LogP contribution in [0, 0.1) is 0 Å². The van der Waals surface area contributed by atoms with E-state index in [0.717, 1.165) is 32.4 Å². The summed E-state index contributed by atoms with van der Waals surface area (Å²) < 4.78 is 10.5. The van der Waals surface area contributed by atoms with Gasteiger partial charge in [0.2, 0.25) is 5.91 Å². The lowest BCUT2D eigenvalue weighted by Crippen LogP contribution is -2.34. The molecule has 0 saturated heterocycles. The summed E-state index contributed by atoms with van der Waals surface area (Å²) in [6, 6.07) is 0. The molecule has 0 radical (unpaired) electrons. The number of carbonyl (C=O) groups is 2. The van der Waals surface area contributed by atoms with E-state index in [4.69, 9.17) is 9.47 Å². The molecule has 0 atom stereocenters. The van der Waals surface area contributed by atoms with Gasteiger partial charge in [-0.05, 0) is 12.8 Å². The first-order valence-electron chi connectivity index (χ1n) is 8.35. The zero-order valence-electron chi connectivity index (χ0n) is 14.4. The normalized spacial score (nSPS) is 10.3. The Labute approximate surface area is 134 Å². The monoisotopic (exact) mass is 316 g/mol. The molecule has 6 nitrogen and oxygen atoms in total. The highest BCUT2D eigenvalue weighted by Crippen LogP contribution is 2.04. The van der Waals surface area contributed by atoms with Crippen molar-refractivity contribution in [3.8, 4) is 0 Å². The van der Waals surface area contributed by atoms with Gasteiger partial charge in [0.05, 0.1) is 13.2 Å². The van der Waals surface area contributed by atoms with Gasteiger partial charge >= 0.3 is 6.09 Å². The topological polar surface area (TPSA) is 67.9 Å². The lowest BCUT2D eigenvalue weighted by atomic mass is 10.2. The molecular weight excluding hydrogens is 284 g/mol. The third kappa shape index (κ3) is 11.4. The van der Waals surface area contributed by atoms with E-state index in [9.17, 15) is 9.59 Å². The summed E-state index contributed by atoms with van der Waals surface area (Å²) in [5, 5.41) is 2.52. The first kappa shape index (κ1) is 20.7. The second-order valence-corrected chi connectivity index (χ2v) is 5.20. The van der Waals surface area contributed by atoms with Crippen LogP contribution in [0.25, 0.3) is 0 Å². The molecule has 0 aromatic rings. The number of hydrogen-bond donors (Lipinski definition) is 1. The minimum atomic E-state index is -0.270. The van der Waals surface area contributed by atoms with Gasteiger partial charge in [0.25, 0.3) is 0 Å². The van der Waals surface area contributed by atoms with Crippen molar-refractivity contribution in [1.82, 2.24) is 10.2 Å². The van der Waals surface area contributed by atoms with Crippen LogP contribution in [0.15, 0.2) is 0 Å². The van der Waals surface area contributed by atoms with Gasteiger partial charge in [-0.3, -0.25) is 4.79 Å². The maximum absolute atomic E-state index is 12.0. The van der Waals surface area contributed by atoms with Crippen molar-refractivity contribution < 1.29 is 19.1 Å². The van der Waals surface area contributed by atoms with Crippen molar-refractivity contribution in [2.24, 2.45) is 0 Å². The van der Waals surface area contributed by atoms with E-state index in [2.05, 4.69) is 12.2 Å². The molecule has 0 unspecified atom stereocenters. The number of hydrogen-bond acceptors (Lipinski definition) is 4. The van der Waals surface area contributed by atoms with Crippen LogP contribution < -0.4 is 5.32 Å². The summed E-state index contributed by atoms with van der Waals surface area (Å²) in [4.78, 5) is 24.7. The highest BCUT2D eigenvalue weighted by molar-refractivity contribution is 5.75. The van der Waals surface area contributed by atoms with Gasteiger partial charge in [0.1, 0.15) is 6.61 Å². The molecule has 0 spiro atoms. The molecule has 2 amide bonds. The molecule has 0 aliphatic heterocycles. The summed E-state index contributed by atoms with van der Waals surface area (Å²) in [5.74, 6) is -0.0572. The standard InChI is InChI=1S/C16H32N2O4/c1-4-6-7-8-11-18(10-5-2)16(20)22-14-13-21-12-9-15(19)17-3/h4-14H2,1-3H3,(H,17,19). The second-order valence-electron chi connectivity index (χ2n) is 5.20. The number of amides is 2. The van der Waals surface area contributed by atoms with Crippen LogP contribution in [-0.4, -0.2) is 56.9 Å². The summed E-state index contributed by atoms with van der Waals surface area (Å²) in [5.41, 5.74) is 0. The molecular formula is C16H32N2O4. The smallest absolute Gasteiger partial charge is 0.409 e. The predicted octanol–water partition coefficient (Wildman–Crippen LogP) is 2.57. The second kappa shape index (κ2) is 14.6. The minimum Gasteiger partial charge on any atom is -0.447 e. The lowest BCUT2D eigenvalue weighted by Gasteiger charge is -2.21. The van der Waals surface area contributed by atoms with Gasteiger partial charge in [0.15, 0.2) is 0 Å². The van der Waals surface area contributed by atoms with E-state index in [1.165, 1.54) is 12.8 Å². The van der Waals surface area contributed by atoms with Crippen molar-refractivity contribution in [3.05, 3.63) is 0 Å². The van der Waals surface area contributed by atoms with E-state index in [1.54, 1.807) is 11.9 Å². The van der Waals surface area contributed by atoms with Gasteiger partial charge in [-0.25, -0.2) is 4.79 Å². The van der Waals surface area contributed by atoms with Crippen LogP contribution in [0.2, 0.25) is 0 Å². The molecule has 0 aromatic carbocycles. The molecule has 0 aliphatic rings. The van der Waals surface area contributed by atoms with Crippen LogP contribution in [-0.2, 0) is 14.3 Å². The fourth-order valence-electron chi connectivity index (χ4n) is 1.96. The summed E-state index contributed by atoms with van der Waals surface area (Å²) in [6.07, 6.45) is 5.53. The van der Waals surface area contributed by atoms with Gasteiger partial charge in [0, 0.05) is 26.6 Å². The van der Waals surface area contributed by atoms with Crippen molar-refractivity contribution in [1.29, 1.82) is 0 Å². The van der Waals surface area contributed by atoms with Crippen LogP contribution in [0.3, 0.4) is 0 Å². The molecule has 6 heteroatoms. The minimum absolute atomic E-state index is 0.0572. The van der Waals surface area contributed by atoms with Gasteiger partial charge in [-0.2, -0.15) is 0 Å². The van der Waals surface area contributed by atoms with Crippen LogP contribution in [0.4, 0.5) is 4.79 Å². The molecule has 0 fully saturated rings. The zero-order valence-corrected chi connectivity index (χ0v) is 14.4. The van der Waals surface area contributed by atoms with Crippen LogP contribution >= 0.6 is 0 Å². The largest absolute Gasteiger partial charge is 0.447 e. The van der Waals surface area contributed by atoms with Gasteiger partial charge < -0.3 is 19.7 Å². The Morgan fingerprint density at radius 1 is 0.955 bits per heavy atom. The number of carbonyl (C=O) groups excluding carboxylic acids is 2. The Kier molecular flexibility index (Phi) is 13.8. The van der Waals surface area contributed by atoms with Crippen molar-refractivity contribution in [2.75, 3.05) is 40.0 Å². The molecule has 0 aromatic heterocycles. The van der Waals surface area contributed by atoms with Crippen molar-refractivity contribution >= 4 is 12.0 Å². The Morgan fingerprint density at radius 3 is 2.36 bits per heavy atom.